The van der Waals surface area contributed by atoms with Crippen molar-refractivity contribution >= 4 is 31.5 Å². The van der Waals surface area contributed by atoms with Gasteiger partial charge in [0, 0.05) is 47.0 Å². The van der Waals surface area contributed by atoms with Crippen molar-refractivity contribution in [2.24, 2.45) is 0 Å². The molecule has 0 atom stereocenters. The summed E-state index contributed by atoms with van der Waals surface area (Å²) in [6.45, 7) is 0. The van der Waals surface area contributed by atoms with Crippen molar-refractivity contribution in [1.29, 1.82) is 0 Å². The number of hydrogen-bond acceptors (Lipinski definition) is 2. The molecule has 0 bridgehead atoms. The van der Waals surface area contributed by atoms with Crippen molar-refractivity contribution in [1.82, 2.24) is 0 Å². The Bertz CT molecular complexity index is 751. The summed E-state index contributed by atoms with van der Waals surface area (Å²) in [5, 5.41) is 0.713. The van der Waals surface area contributed by atoms with E-state index in [0.717, 1.165) is 4.70 Å². The molecule has 0 aliphatic heterocycles. The summed E-state index contributed by atoms with van der Waals surface area (Å²) in [6, 6.07) is 12.9. The van der Waals surface area contributed by atoms with Crippen LogP contribution >= 0.6 is 11.3 Å². The number of benzene rings is 2. The van der Waals surface area contributed by atoms with Crippen LogP contribution in [0.15, 0.2) is 41.2 Å². The Hall–Kier alpha value is -0.688. The molecule has 4 heteroatoms. The second-order valence-corrected chi connectivity index (χ2v) is 4.51. The summed E-state index contributed by atoms with van der Waals surface area (Å²) in [4.78, 5) is 12.1. The molecule has 0 unspecified atom stereocenters. The third-order valence-electron chi connectivity index (χ3n) is 2.48. The molecule has 3 aromatic rings. The topological polar surface area (TPSA) is 17.1 Å². The SMILES string of the molecule is O=c1c2ccccc2sc2[c-]ccc(F)c12.[U]. The van der Waals surface area contributed by atoms with Crippen LogP contribution in [0.4, 0.5) is 4.39 Å². The Labute approximate surface area is 125 Å². The summed E-state index contributed by atoms with van der Waals surface area (Å²) in [7, 11) is 0. The van der Waals surface area contributed by atoms with Gasteiger partial charge in [0.15, 0.2) is 0 Å². The molecule has 1 nitrogen and oxygen atoms in total. The molecule has 0 radical (unpaired) electrons. The van der Waals surface area contributed by atoms with Gasteiger partial charge in [-0.15, -0.1) is 6.07 Å². The van der Waals surface area contributed by atoms with Gasteiger partial charge in [-0.2, -0.15) is 23.5 Å². The van der Waals surface area contributed by atoms with Crippen molar-refractivity contribution in [2.45, 2.75) is 0 Å². The van der Waals surface area contributed by atoms with Gasteiger partial charge in [0.2, 0.25) is 0 Å². The van der Waals surface area contributed by atoms with Crippen molar-refractivity contribution in [2.75, 3.05) is 0 Å². The number of rotatable bonds is 0. The molecule has 1 heterocycles. The smallest absolute Gasteiger partial charge is 0.144 e. The van der Waals surface area contributed by atoms with Gasteiger partial charge < -0.3 is 4.79 Å². The second-order valence-electron chi connectivity index (χ2n) is 3.46. The molecule has 1 aromatic heterocycles. The van der Waals surface area contributed by atoms with E-state index in [-0.39, 0.29) is 41.9 Å². The standard InChI is InChI=1S/C13H6FOS.U/c14-9-5-3-7-11-12(9)13(15)8-4-1-2-6-10(8)16-11;/h1-6H;/q-1;. The molecule has 0 spiro atoms. The summed E-state index contributed by atoms with van der Waals surface area (Å²) < 4.78 is 15.0. The summed E-state index contributed by atoms with van der Waals surface area (Å²) >= 11 is 1.38. The Morgan fingerprint density at radius 1 is 1.18 bits per heavy atom. The minimum absolute atomic E-state index is 0. The second kappa shape index (κ2) is 4.90. The fraction of sp³-hybridized carbons (Fsp3) is 0. The molecule has 2 aromatic carbocycles. The first kappa shape index (κ1) is 12.8. The fourth-order valence-corrected chi connectivity index (χ4v) is 2.79. The van der Waals surface area contributed by atoms with Crippen LogP contribution in [0.5, 0.6) is 0 Å². The maximum atomic E-state index is 13.6. The first-order chi connectivity index (χ1) is 7.77. The minimum atomic E-state index is -0.472. The van der Waals surface area contributed by atoms with Crippen LogP contribution in [0.1, 0.15) is 0 Å². The predicted molar refractivity (Wildman–Crippen MR) is 64.4 cm³/mol. The van der Waals surface area contributed by atoms with Crippen molar-refractivity contribution in [3.8, 4) is 0 Å². The number of fused-ring (bicyclic) bond motifs is 2. The summed E-state index contributed by atoms with van der Waals surface area (Å²) in [5.41, 5.74) is -0.251. The molecular formula is C13H6FOSU-. The van der Waals surface area contributed by atoms with E-state index in [9.17, 15) is 9.18 Å². The van der Waals surface area contributed by atoms with Crippen LogP contribution in [0, 0.1) is 43.0 Å². The van der Waals surface area contributed by atoms with E-state index >= 15 is 0 Å². The first-order valence-electron chi connectivity index (χ1n) is 4.79. The van der Waals surface area contributed by atoms with Gasteiger partial charge in [-0.3, -0.25) is 0 Å². The third-order valence-corrected chi connectivity index (χ3v) is 3.58. The third kappa shape index (κ3) is 2.06. The molecule has 0 amide bonds. The zero-order chi connectivity index (χ0) is 11.1. The average molecular weight is 467 g/mol. The van der Waals surface area contributed by atoms with E-state index < -0.39 is 5.82 Å². The van der Waals surface area contributed by atoms with Gasteiger partial charge in [-0.05, 0) is 11.5 Å². The van der Waals surface area contributed by atoms with Crippen LogP contribution < -0.4 is 5.43 Å². The molecule has 3 rings (SSSR count). The van der Waals surface area contributed by atoms with Crippen LogP contribution in [0.25, 0.3) is 20.2 Å². The van der Waals surface area contributed by atoms with Gasteiger partial charge in [-0.25, -0.2) is 4.39 Å². The Morgan fingerprint density at radius 3 is 2.76 bits per heavy atom. The van der Waals surface area contributed by atoms with Crippen molar-refractivity contribution < 1.29 is 35.5 Å². The van der Waals surface area contributed by atoms with E-state index in [0.29, 0.717) is 10.1 Å². The first-order valence-corrected chi connectivity index (χ1v) is 5.61. The Kier molecular flexibility index (Phi) is 3.67. The number of halogens is 1. The molecule has 82 valence electrons. The normalized spacial score (nSPS) is 10.4. The quantitative estimate of drug-likeness (QED) is 0.366. The molecule has 0 saturated carbocycles. The van der Waals surface area contributed by atoms with Gasteiger partial charge in [-0.1, -0.05) is 22.9 Å². The molecular weight excluding hydrogens is 461 g/mol. The van der Waals surface area contributed by atoms with E-state index in [2.05, 4.69) is 6.07 Å². The van der Waals surface area contributed by atoms with Gasteiger partial charge in [0.05, 0.1) is 0 Å². The van der Waals surface area contributed by atoms with Gasteiger partial charge >= 0.3 is 0 Å². The molecule has 0 saturated heterocycles. The summed E-state index contributed by atoms with van der Waals surface area (Å²) in [6.07, 6.45) is 0. The zero-order valence-corrected chi connectivity index (χ0v) is 13.6. The average Bonchev–Trinajstić information content (AvgIpc) is 2.29. The van der Waals surface area contributed by atoms with Gasteiger partial charge in [0.1, 0.15) is 5.43 Å². The largest absolute Gasteiger partial charge is 0.303 e. The van der Waals surface area contributed by atoms with E-state index in [4.69, 9.17) is 0 Å². The summed E-state index contributed by atoms with van der Waals surface area (Å²) in [5.74, 6) is -0.472. The Morgan fingerprint density at radius 2 is 1.94 bits per heavy atom. The monoisotopic (exact) mass is 467 g/mol. The van der Waals surface area contributed by atoms with Crippen LogP contribution in [-0.2, 0) is 0 Å². The minimum Gasteiger partial charge on any atom is -0.303 e. The van der Waals surface area contributed by atoms with Crippen LogP contribution in [-0.4, -0.2) is 0 Å². The molecule has 0 aliphatic carbocycles. The van der Waals surface area contributed by atoms with E-state index in [1.54, 1.807) is 12.1 Å². The molecule has 17 heavy (non-hydrogen) atoms. The van der Waals surface area contributed by atoms with Crippen molar-refractivity contribution in [3.05, 3.63) is 58.5 Å². The molecule has 0 N–H and O–H groups in total. The van der Waals surface area contributed by atoms with E-state index in [1.165, 1.54) is 23.5 Å². The van der Waals surface area contributed by atoms with Gasteiger partial charge in [0.25, 0.3) is 0 Å². The molecule has 0 fully saturated rings. The zero-order valence-electron chi connectivity index (χ0n) is 8.66. The van der Waals surface area contributed by atoms with Crippen LogP contribution in [0.3, 0.4) is 0 Å². The Balaban J connectivity index is 0.00000108. The van der Waals surface area contributed by atoms with Crippen molar-refractivity contribution in [3.63, 3.8) is 0 Å². The number of hydrogen-bond donors (Lipinski definition) is 0. The fourth-order valence-electron chi connectivity index (χ4n) is 1.73. The maximum Gasteiger partial charge on any atom is 0.144 e. The van der Waals surface area contributed by atoms with E-state index in [1.807, 2.05) is 12.1 Å². The maximum absolute atomic E-state index is 13.6. The predicted octanol–water partition coefficient (Wildman–Crippen LogP) is 3.35. The molecule has 0 aliphatic rings. The van der Waals surface area contributed by atoms with Crippen LogP contribution in [0.2, 0.25) is 0 Å².